The maximum atomic E-state index is 12.6. The SMILES string of the molecule is CCN(CC)S(=O)(=O)c1cccc(C(=O)Nc2cccc(Cl)c2C)c1. The molecule has 0 aromatic heterocycles. The molecule has 0 bridgehead atoms. The van der Waals surface area contributed by atoms with Crippen LogP contribution < -0.4 is 5.32 Å². The smallest absolute Gasteiger partial charge is 0.255 e. The van der Waals surface area contributed by atoms with E-state index >= 15 is 0 Å². The van der Waals surface area contributed by atoms with Crippen molar-refractivity contribution in [1.82, 2.24) is 4.31 Å². The van der Waals surface area contributed by atoms with Crippen LogP contribution in [0.5, 0.6) is 0 Å². The van der Waals surface area contributed by atoms with Crippen LogP contribution in [-0.2, 0) is 10.0 Å². The van der Waals surface area contributed by atoms with Gasteiger partial charge in [-0.05, 0) is 42.8 Å². The summed E-state index contributed by atoms with van der Waals surface area (Å²) in [4.78, 5) is 12.6. The first-order chi connectivity index (χ1) is 11.8. The zero-order valence-electron chi connectivity index (χ0n) is 14.4. The monoisotopic (exact) mass is 380 g/mol. The fourth-order valence-electron chi connectivity index (χ4n) is 2.45. The maximum Gasteiger partial charge on any atom is 0.255 e. The normalized spacial score (nSPS) is 11.6. The highest BCUT2D eigenvalue weighted by atomic mass is 35.5. The Bertz CT molecular complexity index is 878. The predicted molar refractivity (Wildman–Crippen MR) is 101 cm³/mol. The highest BCUT2D eigenvalue weighted by Crippen LogP contribution is 2.24. The average molecular weight is 381 g/mol. The van der Waals surface area contributed by atoms with Crippen molar-refractivity contribution < 1.29 is 13.2 Å². The van der Waals surface area contributed by atoms with E-state index in [0.717, 1.165) is 5.56 Å². The van der Waals surface area contributed by atoms with Crippen molar-refractivity contribution in [2.24, 2.45) is 0 Å². The van der Waals surface area contributed by atoms with E-state index in [9.17, 15) is 13.2 Å². The number of nitrogens with zero attached hydrogens (tertiary/aromatic N) is 1. The van der Waals surface area contributed by atoms with Gasteiger partial charge in [0.15, 0.2) is 0 Å². The molecule has 0 aliphatic heterocycles. The highest BCUT2D eigenvalue weighted by molar-refractivity contribution is 7.89. The number of rotatable bonds is 6. The van der Waals surface area contributed by atoms with Crippen LogP contribution in [0.25, 0.3) is 0 Å². The number of carbonyl (C=O) groups excluding carboxylic acids is 1. The van der Waals surface area contributed by atoms with Gasteiger partial charge in [-0.2, -0.15) is 4.31 Å². The highest BCUT2D eigenvalue weighted by Gasteiger charge is 2.22. The van der Waals surface area contributed by atoms with E-state index in [1.165, 1.54) is 16.4 Å². The van der Waals surface area contributed by atoms with Gasteiger partial charge in [-0.25, -0.2) is 8.42 Å². The van der Waals surface area contributed by atoms with E-state index in [0.29, 0.717) is 23.8 Å². The maximum absolute atomic E-state index is 12.6. The third kappa shape index (κ3) is 4.21. The summed E-state index contributed by atoms with van der Waals surface area (Å²) in [5, 5.41) is 3.32. The molecule has 2 rings (SSSR count). The number of benzene rings is 2. The minimum atomic E-state index is -3.61. The first-order valence-corrected chi connectivity index (χ1v) is 9.79. The standard InChI is InChI=1S/C18H21ClN2O3S/c1-4-21(5-2)25(23,24)15-9-6-8-14(12-15)18(22)20-17-11-7-10-16(19)13(17)3/h6-12H,4-5H2,1-3H3,(H,20,22). The van der Waals surface area contributed by atoms with E-state index in [4.69, 9.17) is 11.6 Å². The van der Waals surface area contributed by atoms with Crippen molar-refractivity contribution in [1.29, 1.82) is 0 Å². The second-order valence-corrected chi connectivity index (χ2v) is 7.83. The lowest BCUT2D eigenvalue weighted by atomic mass is 10.1. The molecule has 2 aromatic rings. The second-order valence-electron chi connectivity index (χ2n) is 5.48. The number of sulfonamides is 1. The lowest BCUT2D eigenvalue weighted by molar-refractivity contribution is 0.102. The van der Waals surface area contributed by atoms with Gasteiger partial charge in [-0.1, -0.05) is 37.6 Å². The molecule has 0 saturated carbocycles. The summed E-state index contributed by atoms with van der Waals surface area (Å²) < 4.78 is 26.6. The zero-order chi connectivity index (χ0) is 18.6. The topological polar surface area (TPSA) is 66.5 Å². The number of nitrogens with one attached hydrogen (secondary N) is 1. The Labute approximate surface area is 153 Å². The van der Waals surface area contributed by atoms with Crippen LogP contribution in [0.15, 0.2) is 47.4 Å². The van der Waals surface area contributed by atoms with E-state index < -0.39 is 10.0 Å². The first-order valence-electron chi connectivity index (χ1n) is 7.98. The van der Waals surface area contributed by atoms with Crippen molar-refractivity contribution in [3.05, 3.63) is 58.6 Å². The summed E-state index contributed by atoms with van der Waals surface area (Å²) in [6.45, 7) is 6.10. The van der Waals surface area contributed by atoms with Gasteiger partial charge in [0.05, 0.1) is 4.90 Å². The summed E-state index contributed by atoms with van der Waals surface area (Å²) in [6.07, 6.45) is 0. The summed E-state index contributed by atoms with van der Waals surface area (Å²) in [6, 6.07) is 11.3. The summed E-state index contributed by atoms with van der Waals surface area (Å²) in [7, 11) is -3.61. The third-order valence-electron chi connectivity index (χ3n) is 3.96. The van der Waals surface area contributed by atoms with Gasteiger partial charge >= 0.3 is 0 Å². The molecule has 0 heterocycles. The molecule has 0 radical (unpaired) electrons. The number of halogens is 1. The average Bonchev–Trinajstić information content (AvgIpc) is 2.60. The van der Waals surface area contributed by atoms with Crippen molar-refractivity contribution in [3.8, 4) is 0 Å². The molecule has 0 fully saturated rings. The number of hydrogen-bond donors (Lipinski definition) is 1. The Morgan fingerprint density at radius 2 is 1.76 bits per heavy atom. The molecule has 1 amide bonds. The Morgan fingerprint density at radius 1 is 1.12 bits per heavy atom. The summed E-state index contributed by atoms with van der Waals surface area (Å²) in [5.74, 6) is -0.387. The quantitative estimate of drug-likeness (QED) is 0.825. The molecule has 0 aliphatic rings. The Hall–Kier alpha value is -1.89. The molecular formula is C18H21ClN2O3S. The van der Waals surface area contributed by atoms with Crippen LogP contribution >= 0.6 is 11.6 Å². The van der Waals surface area contributed by atoms with E-state index in [-0.39, 0.29) is 16.4 Å². The van der Waals surface area contributed by atoms with Gasteiger partial charge in [0.25, 0.3) is 5.91 Å². The van der Waals surface area contributed by atoms with Crippen LogP contribution in [0.4, 0.5) is 5.69 Å². The van der Waals surface area contributed by atoms with E-state index in [1.807, 2.05) is 0 Å². The number of amides is 1. The molecule has 7 heteroatoms. The lowest BCUT2D eigenvalue weighted by Crippen LogP contribution is -2.30. The molecule has 0 spiro atoms. The fraction of sp³-hybridized carbons (Fsp3) is 0.278. The van der Waals surface area contributed by atoms with Gasteiger partial charge in [-0.15, -0.1) is 0 Å². The Morgan fingerprint density at radius 3 is 2.40 bits per heavy atom. The molecule has 5 nitrogen and oxygen atoms in total. The summed E-state index contributed by atoms with van der Waals surface area (Å²) >= 11 is 6.06. The Kier molecular flexibility index (Phi) is 6.21. The van der Waals surface area contributed by atoms with Crippen LogP contribution in [0.1, 0.15) is 29.8 Å². The van der Waals surface area contributed by atoms with Crippen molar-refractivity contribution in [3.63, 3.8) is 0 Å². The van der Waals surface area contributed by atoms with Crippen LogP contribution in [0.3, 0.4) is 0 Å². The van der Waals surface area contributed by atoms with Gasteiger partial charge in [0.1, 0.15) is 0 Å². The minimum absolute atomic E-state index is 0.103. The predicted octanol–water partition coefficient (Wildman–Crippen LogP) is 3.93. The second kappa shape index (κ2) is 7.99. The Balaban J connectivity index is 2.32. The molecule has 0 saturated heterocycles. The van der Waals surface area contributed by atoms with Gasteiger partial charge in [-0.3, -0.25) is 4.79 Å². The number of carbonyl (C=O) groups is 1. The molecule has 0 aliphatic carbocycles. The molecule has 134 valence electrons. The molecule has 1 N–H and O–H groups in total. The molecular weight excluding hydrogens is 360 g/mol. The molecule has 2 aromatic carbocycles. The zero-order valence-corrected chi connectivity index (χ0v) is 16.0. The number of anilines is 1. The summed E-state index contributed by atoms with van der Waals surface area (Å²) in [5.41, 5.74) is 1.62. The third-order valence-corrected chi connectivity index (χ3v) is 6.41. The first kappa shape index (κ1) is 19.4. The molecule has 25 heavy (non-hydrogen) atoms. The van der Waals surface area contributed by atoms with E-state index in [1.54, 1.807) is 51.1 Å². The minimum Gasteiger partial charge on any atom is -0.322 e. The molecule has 0 atom stereocenters. The van der Waals surface area contributed by atoms with Crippen molar-refractivity contribution >= 4 is 33.2 Å². The fourth-order valence-corrected chi connectivity index (χ4v) is 4.13. The van der Waals surface area contributed by atoms with Crippen molar-refractivity contribution in [2.45, 2.75) is 25.7 Å². The van der Waals surface area contributed by atoms with Crippen molar-refractivity contribution in [2.75, 3.05) is 18.4 Å². The molecule has 0 unspecified atom stereocenters. The lowest BCUT2D eigenvalue weighted by Gasteiger charge is -2.18. The van der Waals surface area contributed by atoms with Crippen LogP contribution in [0, 0.1) is 6.92 Å². The van der Waals surface area contributed by atoms with Crippen LogP contribution in [0.2, 0.25) is 5.02 Å². The number of hydrogen-bond acceptors (Lipinski definition) is 3. The van der Waals surface area contributed by atoms with Crippen LogP contribution in [-0.4, -0.2) is 31.7 Å². The largest absolute Gasteiger partial charge is 0.322 e. The van der Waals surface area contributed by atoms with Gasteiger partial charge < -0.3 is 5.32 Å². The van der Waals surface area contributed by atoms with E-state index in [2.05, 4.69) is 5.32 Å². The van der Waals surface area contributed by atoms with Gasteiger partial charge in [0.2, 0.25) is 10.0 Å². The van der Waals surface area contributed by atoms with Gasteiger partial charge in [0, 0.05) is 29.4 Å².